The van der Waals surface area contributed by atoms with Crippen molar-refractivity contribution in [1.29, 1.82) is 0 Å². The van der Waals surface area contributed by atoms with E-state index in [4.69, 9.17) is 11.6 Å². The number of halogens is 1. The van der Waals surface area contributed by atoms with Gasteiger partial charge in [0.15, 0.2) is 0 Å². The molecule has 0 fully saturated rings. The summed E-state index contributed by atoms with van der Waals surface area (Å²) >= 11 is 5.88. The number of aliphatic imine (C=N–C) groups is 1. The predicted molar refractivity (Wildman–Crippen MR) is 116 cm³/mol. The van der Waals surface area contributed by atoms with Crippen molar-refractivity contribution in [1.82, 2.24) is 10.0 Å². The van der Waals surface area contributed by atoms with Gasteiger partial charge in [-0.2, -0.15) is 0 Å². The third-order valence-corrected chi connectivity index (χ3v) is 6.45. The Bertz CT molecular complexity index is 1090. The van der Waals surface area contributed by atoms with E-state index in [1.54, 1.807) is 31.2 Å². The maximum atomic E-state index is 12.5. The van der Waals surface area contributed by atoms with Gasteiger partial charge in [-0.1, -0.05) is 48.0 Å². The number of benzene rings is 2. The summed E-state index contributed by atoms with van der Waals surface area (Å²) in [4.78, 5) is 16.4. The average Bonchev–Trinajstić information content (AvgIpc) is 2.91. The number of nitrogens with zero attached hydrogens (tertiary/aromatic N) is 1. The van der Waals surface area contributed by atoms with Crippen LogP contribution < -0.4 is 10.0 Å². The molecule has 0 radical (unpaired) electrons. The van der Waals surface area contributed by atoms with Crippen LogP contribution in [0.15, 0.2) is 59.1 Å². The molecule has 1 aliphatic rings. The lowest BCUT2D eigenvalue weighted by Gasteiger charge is -2.07. The summed E-state index contributed by atoms with van der Waals surface area (Å²) in [7, 11) is -3.73. The van der Waals surface area contributed by atoms with Crippen LogP contribution in [-0.2, 0) is 21.2 Å². The van der Waals surface area contributed by atoms with Gasteiger partial charge in [0.05, 0.1) is 0 Å². The van der Waals surface area contributed by atoms with Crippen molar-refractivity contribution in [3.63, 3.8) is 0 Å². The molecule has 0 atom stereocenters. The van der Waals surface area contributed by atoms with Gasteiger partial charge >= 0.3 is 0 Å². The van der Waals surface area contributed by atoms with Crippen LogP contribution in [0.25, 0.3) is 4.91 Å². The zero-order valence-electron chi connectivity index (χ0n) is 16.2. The van der Waals surface area contributed by atoms with Crippen LogP contribution in [0.5, 0.6) is 0 Å². The zero-order valence-corrected chi connectivity index (χ0v) is 17.8. The normalized spacial score (nSPS) is 16.7. The molecule has 0 spiro atoms. The van der Waals surface area contributed by atoms with Crippen molar-refractivity contribution >= 4 is 38.3 Å². The van der Waals surface area contributed by atoms with Gasteiger partial charge in [0.2, 0.25) is 5.91 Å². The fourth-order valence-corrected chi connectivity index (χ4v) is 4.77. The Hall–Kier alpha value is -2.64. The number of rotatable bonds is 6. The summed E-state index contributed by atoms with van der Waals surface area (Å²) in [6.07, 6.45) is 0.723. The molecule has 2 aromatic carbocycles. The molecular formula is C21H22ClN3O3S. The topological polar surface area (TPSA) is 87.6 Å². The van der Waals surface area contributed by atoms with Gasteiger partial charge in [-0.3, -0.25) is 14.5 Å². The van der Waals surface area contributed by atoms with Crippen LogP contribution >= 0.6 is 11.6 Å². The molecule has 1 amide bonds. The van der Waals surface area contributed by atoms with Crippen LogP contribution in [-0.4, -0.2) is 33.3 Å². The van der Waals surface area contributed by atoms with Crippen LogP contribution in [0.2, 0.25) is 5.02 Å². The van der Waals surface area contributed by atoms with Gasteiger partial charge in [0.1, 0.15) is 17.3 Å². The Balaban J connectivity index is 1.65. The van der Waals surface area contributed by atoms with Gasteiger partial charge in [-0.05, 0) is 49.1 Å². The molecular weight excluding hydrogens is 410 g/mol. The van der Waals surface area contributed by atoms with Crippen molar-refractivity contribution in [2.75, 3.05) is 13.1 Å². The number of amides is 1. The highest BCUT2D eigenvalue weighted by molar-refractivity contribution is 8.00. The summed E-state index contributed by atoms with van der Waals surface area (Å²) in [5.74, 6) is -0.0815. The van der Waals surface area contributed by atoms with E-state index in [9.17, 15) is 13.2 Å². The Morgan fingerprint density at radius 1 is 1.10 bits per heavy atom. The third kappa shape index (κ3) is 5.05. The Morgan fingerprint density at radius 2 is 1.79 bits per heavy atom. The molecule has 0 bridgehead atoms. The number of amidine groups is 1. The number of hydrogen-bond donors (Lipinski definition) is 2. The van der Waals surface area contributed by atoms with Crippen molar-refractivity contribution in [3.05, 3.63) is 75.8 Å². The largest absolute Gasteiger partial charge is 0.354 e. The van der Waals surface area contributed by atoms with Crippen LogP contribution in [0, 0.1) is 6.92 Å². The SMILES string of the molecule is CC1=C(c2ccc(Cl)cc2)S(=O)(=O)NC1=NCC(=O)NCCc1ccccc1C. The van der Waals surface area contributed by atoms with Gasteiger partial charge in [0, 0.05) is 17.1 Å². The first-order valence-corrected chi connectivity index (χ1v) is 11.0. The molecule has 6 nitrogen and oxygen atoms in total. The number of hydrogen-bond acceptors (Lipinski definition) is 4. The molecule has 1 heterocycles. The van der Waals surface area contributed by atoms with E-state index in [2.05, 4.69) is 15.0 Å². The first-order valence-electron chi connectivity index (χ1n) is 9.13. The second-order valence-corrected chi connectivity index (χ2v) is 8.81. The van der Waals surface area contributed by atoms with E-state index in [-0.39, 0.29) is 23.2 Å². The summed E-state index contributed by atoms with van der Waals surface area (Å²) in [6, 6.07) is 14.5. The Kier molecular flexibility index (Phi) is 6.39. The molecule has 0 unspecified atom stereocenters. The molecule has 3 rings (SSSR count). The molecule has 2 N–H and O–H groups in total. The molecule has 29 heavy (non-hydrogen) atoms. The van der Waals surface area contributed by atoms with Crippen LogP contribution in [0.1, 0.15) is 23.6 Å². The highest BCUT2D eigenvalue weighted by Gasteiger charge is 2.32. The Labute approximate surface area is 175 Å². The first-order chi connectivity index (χ1) is 13.8. The highest BCUT2D eigenvalue weighted by atomic mass is 35.5. The second kappa shape index (κ2) is 8.80. The summed E-state index contributed by atoms with van der Waals surface area (Å²) < 4.78 is 27.4. The lowest BCUT2D eigenvalue weighted by molar-refractivity contribution is -0.119. The minimum absolute atomic E-state index is 0.146. The van der Waals surface area contributed by atoms with Crippen LogP contribution in [0.3, 0.4) is 0 Å². The fourth-order valence-electron chi connectivity index (χ4n) is 3.12. The lowest BCUT2D eigenvalue weighted by Crippen LogP contribution is -2.30. The second-order valence-electron chi connectivity index (χ2n) is 6.76. The molecule has 152 valence electrons. The van der Waals surface area contributed by atoms with Crippen molar-refractivity contribution in [2.45, 2.75) is 20.3 Å². The van der Waals surface area contributed by atoms with Gasteiger partial charge < -0.3 is 5.32 Å². The summed E-state index contributed by atoms with van der Waals surface area (Å²) in [5, 5.41) is 3.33. The Morgan fingerprint density at radius 3 is 2.48 bits per heavy atom. The number of carbonyl (C=O) groups excluding carboxylic acids is 1. The van der Waals surface area contributed by atoms with Gasteiger partial charge in [0.25, 0.3) is 10.0 Å². The maximum absolute atomic E-state index is 12.5. The summed E-state index contributed by atoms with van der Waals surface area (Å²) in [5.41, 5.74) is 3.35. The van der Waals surface area contributed by atoms with E-state index < -0.39 is 10.0 Å². The average molecular weight is 432 g/mol. The van der Waals surface area contributed by atoms with E-state index >= 15 is 0 Å². The van der Waals surface area contributed by atoms with Crippen molar-refractivity contribution in [3.8, 4) is 0 Å². The van der Waals surface area contributed by atoms with Crippen LogP contribution in [0.4, 0.5) is 0 Å². The third-order valence-electron chi connectivity index (χ3n) is 4.66. The van der Waals surface area contributed by atoms with E-state index in [1.165, 1.54) is 11.1 Å². The molecule has 0 aromatic heterocycles. The van der Waals surface area contributed by atoms with E-state index in [0.29, 0.717) is 22.7 Å². The molecule has 2 aromatic rings. The van der Waals surface area contributed by atoms with Gasteiger partial charge in [-0.25, -0.2) is 8.42 Å². The minimum Gasteiger partial charge on any atom is -0.354 e. The number of sulfonamides is 1. The lowest BCUT2D eigenvalue weighted by atomic mass is 10.1. The van der Waals surface area contributed by atoms with E-state index in [0.717, 1.165) is 6.42 Å². The molecule has 0 aliphatic carbocycles. The van der Waals surface area contributed by atoms with Gasteiger partial charge in [-0.15, -0.1) is 0 Å². The van der Waals surface area contributed by atoms with E-state index in [1.807, 2.05) is 31.2 Å². The molecule has 8 heteroatoms. The summed E-state index contributed by atoms with van der Waals surface area (Å²) in [6.45, 7) is 4.03. The molecule has 0 saturated heterocycles. The quantitative estimate of drug-likeness (QED) is 0.736. The first kappa shape index (κ1) is 21.1. The standard InChI is InChI=1S/C21H22ClN3O3S/c1-14-5-3-4-6-16(14)11-12-23-19(26)13-24-21-15(2)20(29(27,28)25-21)17-7-9-18(22)10-8-17/h3-10H,11-13H2,1-2H3,(H,23,26)(H,24,25). The molecule has 0 saturated carbocycles. The number of aryl methyl sites for hydroxylation is 1. The highest BCUT2D eigenvalue weighted by Crippen LogP contribution is 2.30. The maximum Gasteiger partial charge on any atom is 0.264 e. The smallest absolute Gasteiger partial charge is 0.264 e. The zero-order chi connectivity index (χ0) is 21.0. The minimum atomic E-state index is -3.73. The number of carbonyl (C=O) groups is 1. The number of nitrogens with one attached hydrogen (secondary N) is 2. The monoisotopic (exact) mass is 431 g/mol. The van der Waals surface area contributed by atoms with Crippen molar-refractivity contribution in [2.24, 2.45) is 4.99 Å². The van der Waals surface area contributed by atoms with Crippen molar-refractivity contribution < 1.29 is 13.2 Å². The molecule has 1 aliphatic heterocycles. The fraction of sp³-hybridized carbons (Fsp3) is 0.238. The predicted octanol–water partition coefficient (Wildman–Crippen LogP) is 3.07.